The molecule has 1 atom stereocenters. The summed E-state index contributed by atoms with van der Waals surface area (Å²) >= 11 is 0. The summed E-state index contributed by atoms with van der Waals surface area (Å²) in [4.78, 5) is 22.3. The quantitative estimate of drug-likeness (QED) is 0.540. The van der Waals surface area contributed by atoms with Gasteiger partial charge in [0.05, 0.1) is 25.2 Å². The van der Waals surface area contributed by atoms with Gasteiger partial charge in [-0.2, -0.15) is 0 Å². The Balaban J connectivity index is 0.00000484. The number of halogens is 1. The summed E-state index contributed by atoms with van der Waals surface area (Å²) < 4.78 is 10.2. The second-order valence-electron chi connectivity index (χ2n) is 4.77. The molecule has 0 fully saturated rings. The van der Waals surface area contributed by atoms with Crippen LogP contribution in [-0.4, -0.2) is 38.1 Å². The summed E-state index contributed by atoms with van der Waals surface area (Å²) in [5.74, 6) is 0.231. The van der Waals surface area contributed by atoms with Crippen LogP contribution in [-0.2, 0) is 11.2 Å². The summed E-state index contributed by atoms with van der Waals surface area (Å²) in [6.07, 6.45) is 0.305. The maximum atomic E-state index is 11.6. The number of nitro benzene ring substituents is 1. The molecular weight excluding hydrogens is 326 g/mol. The third-order valence-corrected chi connectivity index (χ3v) is 3.28. The lowest BCUT2D eigenvalue weighted by Gasteiger charge is -2.12. The van der Waals surface area contributed by atoms with E-state index in [1.165, 1.54) is 20.3 Å². The number of hydrogen-bond donors (Lipinski definition) is 2. The summed E-state index contributed by atoms with van der Waals surface area (Å²) in [7, 11) is 2.87. The number of nitrogens with two attached hydrogens (primary N) is 1. The van der Waals surface area contributed by atoms with E-state index < -0.39 is 4.92 Å². The summed E-state index contributed by atoms with van der Waals surface area (Å²) in [6.45, 7) is 2.25. The van der Waals surface area contributed by atoms with Gasteiger partial charge >= 0.3 is 0 Å². The molecule has 0 aliphatic rings. The molecular formula is C14H22ClN3O5. The first-order valence-electron chi connectivity index (χ1n) is 6.81. The number of nitrogens with one attached hydrogen (secondary N) is 1. The molecule has 1 unspecified atom stereocenters. The Bertz CT molecular complexity index is 553. The zero-order valence-electron chi connectivity index (χ0n) is 13.3. The maximum absolute atomic E-state index is 11.6. The molecule has 8 nitrogen and oxygen atoms in total. The number of benzene rings is 1. The highest BCUT2D eigenvalue weighted by Gasteiger charge is 2.19. The van der Waals surface area contributed by atoms with E-state index in [-0.39, 0.29) is 43.0 Å². The Labute approximate surface area is 140 Å². The number of carbonyl (C=O) groups is 1. The van der Waals surface area contributed by atoms with Gasteiger partial charge in [-0.25, -0.2) is 0 Å². The van der Waals surface area contributed by atoms with Crippen LogP contribution >= 0.6 is 12.4 Å². The molecule has 130 valence electrons. The van der Waals surface area contributed by atoms with Gasteiger partial charge in [0.15, 0.2) is 11.5 Å². The maximum Gasteiger partial charge on any atom is 0.276 e. The van der Waals surface area contributed by atoms with Crippen molar-refractivity contribution in [2.45, 2.75) is 13.3 Å². The van der Waals surface area contributed by atoms with Crippen LogP contribution in [0.15, 0.2) is 12.1 Å². The zero-order chi connectivity index (χ0) is 16.7. The number of ether oxygens (including phenoxy) is 2. The van der Waals surface area contributed by atoms with E-state index in [1.54, 1.807) is 13.0 Å². The van der Waals surface area contributed by atoms with Gasteiger partial charge in [-0.1, -0.05) is 6.92 Å². The first kappa shape index (κ1) is 20.9. The van der Waals surface area contributed by atoms with Gasteiger partial charge in [0.25, 0.3) is 5.69 Å². The van der Waals surface area contributed by atoms with Gasteiger partial charge in [-0.05, 0) is 12.5 Å². The van der Waals surface area contributed by atoms with Crippen LogP contribution < -0.4 is 20.5 Å². The van der Waals surface area contributed by atoms with Crippen molar-refractivity contribution in [3.63, 3.8) is 0 Å². The van der Waals surface area contributed by atoms with Crippen LogP contribution in [0.25, 0.3) is 0 Å². The van der Waals surface area contributed by atoms with Crippen molar-refractivity contribution in [1.29, 1.82) is 0 Å². The topological polar surface area (TPSA) is 117 Å². The molecule has 3 N–H and O–H groups in total. The van der Waals surface area contributed by atoms with Crippen LogP contribution in [0.3, 0.4) is 0 Å². The number of hydrogen-bond acceptors (Lipinski definition) is 6. The molecule has 1 aromatic carbocycles. The summed E-state index contributed by atoms with van der Waals surface area (Å²) in [5.41, 5.74) is 5.80. The monoisotopic (exact) mass is 347 g/mol. The molecule has 0 aliphatic heterocycles. The fraction of sp³-hybridized carbons (Fsp3) is 0.500. The van der Waals surface area contributed by atoms with Crippen molar-refractivity contribution in [3.8, 4) is 11.5 Å². The number of nitro groups is 1. The first-order chi connectivity index (χ1) is 10.4. The highest BCUT2D eigenvalue weighted by atomic mass is 35.5. The van der Waals surface area contributed by atoms with Crippen LogP contribution in [0, 0.1) is 16.0 Å². The van der Waals surface area contributed by atoms with Crippen LogP contribution in [0.4, 0.5) is 5.69 Å². The smallest absolute Gasteiger partial charge is 0.276 e. The average Bonchev–Trinajstić information content (AvgIpc) is 2.52. The highest BCUT2D eigenvalue weighted by Crippen LogP contribution is 2.34. The number of rotatable bonds is 8. The fourth-order valence-corrected chi connectivity index (χ4v) is 1.88. The van der Waals surface area contributed by atoms with Gasteiger partial charge in [0.2, 0.25) is 5.91 Å². The average molecular weight is 348 g/mol. The van der Waals surface area contributed by atoms with Gasteiger partial charge in [0, 0.05) is 24.6 Å². The number of methoxy groups -OCH3 is 2. The predicted molar refractivity (Wildman–Crippen MR) is 88.4 cm³/mol. The number of carbonyl (C=O) groups excluding carboxylic acids is 1. The molecule has 0 spiro atoms. The van der Waals surface area contributed by atoms with Crippen LogP contribution in [0.2, 0.25) is 0 Å². The van der Waals surface area contributed by atoms with Crippen LogP contribution in [0.1, 0.15) is 12.5 Å². The van der Waals surface area contributed by atoms with Gasteiger partial charge in [-0.3, -0.25) is 14.9 Å². The normalized spacial score (nSPS) is 11.1. The Hall–Kier alpha value is -2.06. The van der Waals surface area contributed by atoms with Crippen molar-refractivity contribution < 1.29 is 19.2 Å². The molecule has 0 radical (unpaired) electrons. The largest absolute Gasteiger partial charge is 0.493 e. The molecule has 1 aromatic rings. The molecule has 9 heteroatoms. The van der Waals surface area contributed by atoms with E-state index in [1.807, 2.05) is 0 Å². The lowest BCUT2D eigenvalue weighted by molar-refractivity contribution is -0.385. The van der Waals surface area contributed by atoms with E-state index in [0.29, 0.717) is 23.5 Å². The zero-order valence-corrected chi connectivity index (χ0v) is 14.1. The Morgan fingerprint density at radius 3 is 2.39 bits per heavy atom. The molecule has 0 aromatic heterocycles. The van der Waals surface area contributed by atoms with E-state index in [2.05, 4.69) is 5.32 Å². The Kier molecular flexibility index (Phi) is 8.97. The predicted octanol–water partition coefficient (Wildman–Crippen LogP) is 1.29. The Morgan fingerprint density at radius 1 is 1.35 bits per heavy atom. The van der Waals surface area contributed by atoms with Crippen molar-refractivity contribution in [3.05, 3.63) is 27.8 Å². The summed E-state index contributed by atoms with van der Waals surface area (Å²) in [5, 5.41) is 13.8. The third kappa shape index (κ3) is 5.57. The van der Waals surface area contributed by atoms with Crippen molar-refractivity contribution in [2.75, 3.05) is 27.3 Å². The van der Waals surface area contributed by atoms with E-state index in [4.69, 9.17) is 15.2 Å². The fourth-order valence-electron chi connectivity index (χ4n) is 1.88. The molecule has 0 aliphatic carbocycles. The number of nitrogens with zero attached hydrogens (tertiary/aromatic N) is 1. The minimum absolute atomic E-state index is 0. The van der Waals surface area contributed by atoms with Crippen LogP contribution in [0.5, 0.6) is 11.5 Å². The molecule has 23 heavy (non-hydrogen) atoms. The molecule has 1 amide bonds. The minimum Gasteiger partial charge on any atom is -0.493 e. The van der Waals surface area contributed by atoms with Crippen molar-refractivity contribution in [1.82, 2.24) is 5.32 Å². The number of amides is 1. The molecule has 0 saturated heterocycles. The standard InChI is InChI=1S/C14H21N3O5.ClH/c1-9(8-15)14(18)16-5-4-10-6-12(21-2)13(22-3)7-11(10)17(19)20;/h6-7,9H,4-5,8,15H2,1-3H3,(H,16,18);1H. The third-order valence-electron chi connectivity index (χ3n) is 3.28. The van der Waals surface area contributed by atoms with Gasteiger partial charge in [0.1, 0.15) is 0 Å². The van der Waals surface area contributed by atoms with Gasteiger partial charge in [-0.15, -0.1) is 12.4 Å². The second-order valence-corrected chi connectivity index (χ2v) is 4.77. The highest BCUT2D eigenvalue weighted by molar-refractivity contribution is 5.85. The lowest BCUT2D eigenvalue weighted by atomic mass is 10.1. The SMILES string of the molecule is COc1cc(CCNC(=O)C(C)CN)c([N+](=O)[O-])cc1OC.Cl. The molecule has 0 saturated carbocycles. The van der Waals surface area contributed by atoms with E-state index in [0.717, 1.165) is 0 Å². The molecule has 1 rings (SSSR count). The van der Waals surface area contributed by atoms with E-state index >= 15 is 0 Å². The van der Waals surface area contributed by atoms with Gasteiger partial charge < -0.3 is 20.5 Å². The Morgan fingerprint density at radius 2 is 1.91 bits per heavy atom. The molecule has 0 bridgehead atoms. The first-order valence-corrected chi connectivity index (χ1v) is 6.81. The van der Waals surface area contributed by atoms with E-state index in [9.17, 15) is 14.9 Å². The van der Waals surface area contributed by atoms with Crippen molar-refractivity contribution >= 4 is 24.0 Å². The minimum atomic E-state index is -0.485. The lowest BCUT2D eigenvalue weighted by Crippen LogP contribution is -2.34. The van der Waals surface area contributed by atoms with Crippen molar-refractivity contribution in [2.24, 2.45) is 11.7 Å². The summed E-state index contributed by atoms with van der Waals surface area (Å²) in [6, 6.07) is 2.87. The molecule has 0 heterocycles. The second kappa shape index (κ2) is 9.86.